The van der Waals surface area contributed by atoms with Gasteiger partial charge in [-0.15, -0.1) is 0 Å². The van der Waals surface area contributed by atoms with Gasteiger partial charge >= 0.3 is 0 Å². The molecule has 1 aromatic heterocycles. The molecule has 1 aromatic carbocycles. The van der Waals surface area contributed by atoms with Gasteiger partial charge in [-0.1, -0.05) is 19.9 Å². The molecule has 4 nitrogen and oxygen atoms in total. The smallest absolute Gasteiger partial charge is 0.200 e. The Morgan fingerprint density at radius 3 is 2.56 bits per heavy atom. The molecule has 0 aliphatic carbocycles. The summed E-state index contributed by atoms with van der Waals surface area (Å²) in [5.74, 6) is 1.83. The van der Waals surface area contributed by atoms with Crippen LogP contribution in [0.5, 0.6) is 5.75 Å². The second-order valence-electron chi connectivity index (χ2n) is 4.68. The number of nitrogens with zero attached hydrogens (tertiary/aromatic N) is 2. The number of imidazole rings is 1. The third kappa shape index (κ3) is 2.06. The number of methoxy groups -OCH3 is 1. The molecule has 2 N–H and O–H groups in total. The van der Waals surface area contributed by atoms with E-state index in [1.54, 1.807) is 13.3 Å². The highest BCUT2D eigenvalue weighted by atomic mass is 16.5. The molecule has 0 spiro atoms. The summed E-state index contributed by atoms with van der Waals surface area (Å²) in [4.78, 5) is 4.11. The lowest BCUT2D eigenvalue weighted by molar-refractivity contribution is 0.415. The van der Waals surface area contributed by atoms with Crippen LogP contribution in [-0.2, 0) is 7.05 Å². The van der Waals surface area contributed by atoms with E-state index in [4.69, 9.17) is 10.5 Å². The van der Waals surface area contributed by atoms with Crippen LogP contribution in [0.4, 0.5) is 5.95 Å². The Labute approximate surface area is 107 Å². The fourth-order valence-corrected chi connectivity index (χ4v) is 1.95. The summed E-state index contributed by atoms with van der Waals surface area (Å²) in [6.45, 7) is 4.33. The molecule has 2 aromatic rings. The number of hydrogen-bond donors (Lipinski definition) is 1. The Kier molecular flexibility index (Phi) is 3.28. The molecule has 0 saturated heterocycles. The summed E-state index contributed by atoms with van der Waals surface area (Å²) in [7, 11) is 3.58. The van der Waals surface area contributed by atoms with Crippen LogP contribution in [0.3, 0.4) is 0 Å². The van der Waals surface area contributed by atoms with Crippen molar-refractivity contribution in [3.05, 3.63) is 30.0 Å². The zero-order valence-electron chi connectivity index (χ0n) is 11.3. The molecule has 18 heavy (non-hydrogen) atoms. The molecule has 0 fully saturated rings. The van der Waals surface area contributed by atoms with E-state index >= 15 is 0 Å². The molecule has 0 saturated carbocycles. The molecule has 1 heterocycles. The van der Waals surface area contributed by atoms with Crippen molar-refractivity contribution in [3.8, 4) is 17.0 Å². The lowest BCUT2D eigenvalue weighted by Crippen LogP contribution is -2.00. The Hall–Kier alpha value is -1.97. The quantitative estimate of drug-likeness (QED) is 0.904. The summed E-state index contributed by atoms with van der Waals surface area (Å²) < 4.78 is 7.33. The fraction of sp³-hybridized carbons (Fsp3) is 0.357. The third-order valence-electron chi connectivity index (χ3n) is 3.19. The lowest BCUT2D eigenvalue weighted by atomic mass is 10.00. The Bertz CT molecular complexity index is 558. The molecule has 0 aliphatic heterocycles. The molecular weight excluding hydrogens is 226 g/mol. The van der Waals surface area contributed by atoms with Crippen LogP contribution in [0, 0.1) is 0 Å². The molecule has 0 atom stereocenters. The molecular formula is C14H19N3O. The molecule has 0 aliphatic rings. The van der Waals surface area contributed by atoms with Crippen LogP contribution in [0.15, 0.2) is 24.4 Å². The van der Waals surface area contributed by atoms with Gasteiger partial charge in [-0.3, -0.25) is 0 Å². The number of aromatic nitrogens is 2. The minimum absolute atomic E-state index is 0.476. The van der Waals surface area contributed by atoms with E-state index in [1.165, 1.54) is 5.56 Å². The van der Waals surface area contributed by atoms with Crippen LogP contribution in [-0.4, -0.2) is 16.7 Å². The van der Waals surface area contributed by atoms with E-state index in [-0.39, 0.29) is 0 Å². The highest BCUT2D eigenvalue weighted by Crippen LogP contribution is 2.33. The summed E-state index contributed by atoms with van der Waals surface area (Å²) in [6.07, 6.45) is 1.77. The number of nitrogen functional groups attached to an aromatic ring is 1. The molecule has 4 heteroatoms. The van der Waals surface area contributed by atoms with Crippen LogP contribution in [0.2, 0.25) is 0 Å². The average Bonchev–Trinajstić information content (AvgIpc) is 2.69. The maximum Gasteiger partial charge on any atom is 0.200 e. The first-order chi connectivity index (χ1) is 8.54. The average molecular weight is 245 g/mol. The fourth-order valence-electron chi connectivity index (χ4n) is 1.95. The molecule has 96 valence electrons. The summed E-state index contributed by atoms with van der Waals surface area (Å²) in [5, 5.41) is 0. The molecule has 0 amide bonds. The molecule has 0 bridgehead atoms. The van der Waals surface area contributed by atoms with Crippen LogP contribution in [0.25, 0.3) is 11.3 Å². The standard InChI is InChI=1S/C14H19N3O/c1-9(2)10-5-6-11(13(7-10)18-4)12-8-16-14(15)17(12)3/h5-9H,1-4H3,(H2,15,16). The highest BCUT2D eigenvalue weighted by Gasteiger charge is 2.12. The first kappa shape index (κ1) is 12.5. The van der Waals surface area contributed by atoms with Crippen molar-refractivity contribution in [2.75, 3.05) is 12.8 Å². The lowest BCUT2D eigenvalue weighted by Gasteiger charge is -2.13. The van der Waals surface area contributed by atoms with Crippen molar-refractivity contribution in [2.24, 2.45) is 7.05 Å². The number of rotatable bonds is 3. The summed E-state index contributed by atoms with van der Waals surface area (Å²) >= 11 is 0. The largest absolute Gasteiger partial charge is 0.496 e. The van der Waals surface area contributed by atoms with Crippen molar-refractivity contribution in [1.82, 2.24) is 9.55 Å². The van der Waals surface area contributed by atoms with Crippen molar-refractivity contribution < 1.29 is 4.74 Å². The summed E-state index contributed by atoms with van der Waals surface area (Å²) in [5.41, 5.74) is 8.98. The molecule has 0 radical (unpaired) electrons. The Morgan fingerprint density at radius 1 is 1.33 bits per heavy atom. The van der Waals surface area contributed by atoms with Gasteiger partial charge in [0.05, 0.1) is 19.0 Å². The molecule has 2 rings (SSSR count). The first-order valence-corrected chi connectivity index (χ1v) is 6.00. The van der Waals surface area contributed by atoms with E-state index in [9.17, 15) is 0 Å². The van der Waals surface area contributed by atoms with Gasteiger partial charge in [0, 0.05) is 12.6 Å². The normalized spacial score (nSPS) is 10.9. The van der Waals surface area contributed by atoms with Crippen LogP contribution < -0.4 is 10.5 Å². The molecule has 0 unspecified atom stereocenters. The van der Waals surface area contributed by atoms with Gasteiger partial charge in [-0.2, -0.15) is 0 Å². The maximum absolute atomic E-state index is 5.76. The van der Waals surface area contributed by atoms with Crippen LogP contribution >= 0.6 is 0 Å². The Morgan fingerprint density at radius 2 is 2.06 bits per heavy atom. The highest BCUT2D eigenvalue weighted by molar-refractivity contribution is 5.69. The van der Waals surface area contributed by atoms with E-state index in [1.807, 2.05) is 11.6 Å². The predicted octanol–water partition coefficient (Wildman–Crippen LogP) is 2.80. The number of benzene rings is 1. The second kappa shape index (κ2) is 4.72. The van der Waals surface area contributed by atoms with Crippen molar-refractivity contribution >= 4 is 5.95 Å². The monoisotopic (exact) mass is 245 g/mol. The first-order valence-electron chi connectivity index (χ1n) is 6.00. The van der Waals surface area contributed by atoms with E-state index < -0.39 is 0 Å². The topological polar surface area (TPSA) is 53.1 Å². The van der Waals surface area contributed by atoms with E-state index in [0.29, 0.717) is 11.9 Å². The van der Waals surface area contributed by atoms with Crippen LogP contribution in [0.1, 0.15) is 25.3 Å². The van der Waals surface area contributed by atoms with Crippen molar-refractivity contribution in [2.45, 2.75) is 19.8 Å². The SMILES string of the molecule is COc1cc(C(C)C)ccc1-c1cnc(N)n1C. The number of ether oxygens (including phenoxy) is 1. The van der Waals surface area contributed by atoms with Gasteiger partial charge in [0.1, 0.15) is 5.75 Å². The summed E-state index contributed by atoms with van der Waals surface area (Å²) in [6, 6.07) is 6.25. The zero-order valence-corrected chi connectivity index (χ0v) is 11.3. The van der Waals surface area contributed by atoms with E-state index in [0.717, 1.165) is 17.0 Å². The van der Waals surface area contributed by atoms with Crippen molar-refractivity contribution in [3.63, 3.8) is 0 Å². The van der Waals surface area contributed by atoms with Gasteiger partial charge < -0.3 is 15.0 Å². The number of nitrogens with two attached hydrogens (primary N) is 1. The zero-order chi connectivity index (χ0) is 13.3. The number of anilines is 1. The predicted molar refractivity (Wildman–Crippen MR) is 73.7 cm³/mol. The van der Waals surface area contributed by atoms with Gasteiger partial charge in [0.15, 0.2) is 5.95 Å². The third-order valence-corrected chi connectivity index (χ3v) is 3.19. The number of hydrogen-bond acceptors (Lipinski definition) is 3. The van der Waals surface area contributed by atoms with Gasteiger partial charge in [-0.25, -0.2) is 4.98 Å². The van der Waals surface area contributed by atoms with Gasteiger partial charge in [0.2, 0.25) is 0 Å². The van der Waals surface area contributed by atoms with E-state index in [2.05, 4.69) is 37.0 Å². The Balaban J connectivity index is 2.54. The van der Waals surface area contributed by atoms with Crippen molar-refractivity contribution in [1.29, 1.82) is 0 Å². The minimum Gasteiger partial charge on any atom is -0.496 e. The second-order valence-corrected chi connectivity index (χ2v) is 4.68. The minimum atomic E-state index is 0.476. The van der Waals surface area contributed by atoms with Gasteiger partial charge in [0.25, 0.3) is 0 Å². The maximum atomic E-state index is 5.76. The van der Waals surface area contributed by atoms with Gasteiger partial charge in [-0.05, 0) is 23.6 Å².